The predicted molar refractivity (Wildman–Crippen MR) is 99.3 cm³/mol. The van der Waals surface area contributed by atoms with Gasteiger partial charge in [0.25, 0.3) is 5.91 Å². The fourth-order valence-electron chi connectivity index (χ4n) is 4.05. The highest BCUT2D eigenvalue weighted by Crippen LogP contribution is 2.22. The summed E-state index contributed by atoms with van der Waals surface area (Å²) in [5.41, 5.74) is 1.42. The molecule has 3 heterocycles. The van der Waals surface area contributed by atoms with Crippen molar-refractivity contribution >= 4 is 5.91 Å². The number of rotatable bonds is 6. The van der Waals surface area contributed by atoms with Crippen molar-refractivity contribution in [3.63, 3.8) is 0 Å². The second-order valence-corrected chi connectivity index (χ2v) is 7.29. The van der Waals surface area contributed by atoms with Gasteiger partial charge in [0.2, 0.25) is 0 Å². The first-order valence-corrected chi connectivity index (χ1v) is 9.80. The molecule has 26 heavy (non-hydrogen) atoms. The lowest BCUT2D eigenvalue weighted by Crippen LogP contribution is -2.55. The van der Waals surface area contributed by atoms with E-state index in [1.54, 1.807) is 7.11 Å². The van der Waals surface area contributed by atoms with Crippen LogP contribution in [-0.2, 0) is 4.74 Å². The molecule has 1 N–H and O–H groups in total. The molecule has 3 rings (SSSR count). The van der Waals surface area contributed by atoms with Crippen LogP contribution in [0.15, 0.2) is 0 Å². The Labute approximate surface area is 155 Å². The molecule has 8 nitrogen and oxygen atoms in total. The molecule has 1 unspecified atom stereocenters. The molecule has 1 atom stereocenters. The van der Waals surface area contributed by atoms with E-state index in [4.69, 9.17) is 4.74 Å². The maximum atomic E-state index is 13.1. The Morgan fingerprint density at radius 2 is 2.08 bits per heavy atom. The zero-order valence-corrected chi connectivity index (χ0v) is 16.3. The number of nitrogens with one attached hydrogen (secondary N) is 1. The van der Waals surface area contributed by atoms with Crippen LogP contribution >= 0.6 is 0 Å². The van der Waals surface area contributed by atoms with E-state index < -0.39 is 0 Å². The summed E-state index contributed by atoms with van der Waals surface area (Å²) in [6, 6.07) is 0.724. The maximum Gasteiger partial charge on any atom is 0.276 e. The largest absolute Gasteiger partial charge is 0.383 e. The molecular weight excluding hydrogens is 332 g/mol. The standard InChI is InChI=1S/C18H32N6O2/c1-4-15-13-23(10-9-22(15)11-12-26-3)18(25)17-14(2)24(21-20-17)16-5-7-19-8-6-16/h15-16,19H,4-13H2,1-3H3. The lowest BCUT2D eigenvalue weighted by atomic mass is 10.1. The molecule has 2 saturated heterocycles. The minimum atomic E-state index is 0.0209. The number of hydrogen-bond donors (Lipinski definition) is 1. The summed E-state index contributed by atoms with van der Waals surface area (Å²) in [6.07, 6.45) is 3.09. The summed E-state index contributed by atoms with van der Waals surface area (Å²) in [7, 11) is 1.73. The third-order valence-corrected chi connectivity index (χ3v) is 5.73. The number of hydrogen-bond acceptors (Lipinski definition) is 6. The highest BCUT2D eigenvalue weighted by molar-refractivity contribution is 5.93. The van der Waals surface area contributed by atoms with Crippen LogP contribution in [0, 0.1) is 6.92 Å². The number of carbonyl (C=O) groups is 1. The van der Waals surface area contributed by atoms with Gasteiger partial charge in [-0.25, -0.2) is 4.68 Å². The lowest BCUT2D eigenvalue weighted by molar-refractivity contribution is 0.0380. The molecule has 146 valence electrons. The Morgan fingerprint density at radius 1 is 1.31 bits per heavy atom. The van der Waals surface area contributed by atoms with Crippen LogP contribution in [0.3, 0.4) is 0 Å². The Hall–Kier alpha value is -1.51. The molecule has 0 bridgehead atoms. The number of amides is 1. The van der Waals surface area contributed by atoms with Gasteiger partial charge in [-0.1, -0.05) is 12.1 Å². The third-order valence-electron chi connectivity index (χ3n) is 5.73. The van der Waals surface area contributed by atoms with Gasteiger partial charge in [0.1, 0.15) is 0 Å². The number of piperidine rings is 1. The number of nitrogens with zero attached hydrogens (tertiary/aromatic N) is 5. The number of aromatic nitrogens is 3. The molecule has 1 aromatic heterocycles. The molecule has 0 aliphatic carbocycles. The zero-order valence-electron chi connectivity index (χ0n) is 16.3. The van der Waals surface area contributed by atoms with E-state index in [0.29, 0.717) is 17.8 Å². The Kier molecular flexibility index (Phi) is 6.61. The lowest BCUT2D eigenvalue weighted by Gasteiger charge is -2.40. The van der Waals surface area contributed by atoms with Gasteiger partial charge in [0.15, 0.2) is 5.69 Å². The van der Waals surface area contributed by atoms with E-state index in [2.05, 4.69) is 27.5 Å². The van der Waals surface area contributed by atoms with Crippen LogP contribution in [0.5, 0.6) is 0 Å². The van der Waals surface area contributed by atoms with Crippen LogP contribution in [0.4, 0.5) is 0 Å². The quantitative estimate of drug-likeness (QED) is 0.801. The Bertz CT molecular complexity index is 599. The average molecular weight is 364 g/mol. The summed E-state index contributed by atoms with van der Waals surface area (Å²) < 4.78 is 7.17. The van der Waals surface area contributed by atoms with Crippen LogP contribution in [0.25, 0.3) is 0 Å². The number of ether oxygens (including phenoxy) is 1. The number of carbonyl (C=O) groups excluding carboxylic acids is 1. The minimum Gasteiger partial charge on any atom is -0.383 e. The third kappa shape index (κ3) is 4.07. The molecule has 1 aromatic rings. The van der Waals surface area contributed by atoms with E-state index >= 15 is 0 Å². The number of piperazine rings is 1. The summed E-state index contributed by atoms with van der Waals surface area (Å²) in [5.74, 6) is 0.0209. The first-order valence-electron chi connectivity index (χ1n) is 9.80. The molecule has 2 fully saturated rings. The van der Waals surface area contributed by atoms with E-state index in [-0.39, 0.29) is 5.91 Å². The highest BCUT2D eigenvalue weighted by atomic mass is 16.5. The van der Waals surface area contributed by atoms with Gasteiger partial charge in [-0.05, 0) is 39.3 Å². The molecule has 0 saturated carbocycles. The van der Waals surface area contributed by atoms with Crippen molar-refractivity contribution in [2.24, 2.45) is 0 Å². The van der Waals surface area contributed by atoms with Gasteiger partial charge in [0.05, 0.1) is 18.3 Å². The summed E-state index contributed by atoms with van der Waals surface area (Å²) in [4.78, 5) is 17.4. The SMILES string of the molecule is CCC1CN(C(=O)c2nnn(C3CCNCC3)c2C)CCN1CCOC. The second kappa shape index (κ2) is 8.92. The topological polar surface area (TPSA) is 75.5 Å². The highest BCUT2D eigenvalue weighted by Gasteiger charge is 2.31. The first kappa shape index (κ1) is 19.3. The van der Waals surface area contributed by atoms with E-state index in [1.807, 2.05) is 16.5 Å². The van der Waals surface area contributed by atoms with Crippen molar-refractivity contribution in [1.29, 1.82) is 0 Å². The monoisotopic (exact) mass is 364 g/mol. The van der Waals surface area contributed by atoms with Crippen molar-refractivity contribution in [2.45, 2.75) is 45.2 Å². The molecule has 8 heteroatoms. The molecule has 0 spiro atoms. The van der Waals surface area contributed by atoms with Gasteiger partial charge >= 0.3 is 0 Å². The van der Waals surface area contributed by atoms with Gasteiger partial charge in [-0.3, -0.25) is 9.69 Å². The molecule has 0 radical (unpaired) electrons. The summed E-state index contributed by atoms with van der Waals surface area (Å²) in [5, 5.41) is 11.9. The van der Waals surface area contributed by atoms with Gasteiger partial charge in [-0.2, -0.15) is 0 Å². The summed E-state index contributed by atoms with van der Waals surface area (Å²) in [6.45, 7) is 10.2. The maximum absolute atomic E-state index is 13.1. The summed E-state index contributed by atoms with van der Waals surface area (Å²) >= 11 is 0. The Balaban J connectivity index is 1.67. The van der Waals surface area contributed by atoms with E-state index in [1.165, 1.54) is 0 Å². The molecule has 2 aliphatic heterocycles. The van der Waals surface area contributed by atoms with Crippen LogP contribution in [0.1, 0.15) is 48.4 Å². The second-order valence-electron chi connectivity index (χ2n) is 7.29. The molecule has 2 aliphatic rings. The van der Waals surface area contributed by atoms with Crippen molar-refractivity contribution in [1.82, 2.24) is 30.1 Å². The van der Waals surface area contributed by atoms with Crippen molar-refractivity contribution < 1.29 is 9.53 Å². The molecular formula is C18H32N6O2. The smallest absolute Gasteiger partial charge is 0.276 e. The average Bonchev–Trinajstić information content (AvgIpc) is 3.07. The Morgan fingerprint density at radius 3 is 2.77 bits per heavy atom. The normalized spacial score (nSPS) is 22.7. The van der Waals surface area contributed by atoms with Crippen LogP contribution in [0.2, 0.25) is 0 Å². The van der Waals surface area contributed by atoms with Gasteiger partial charge < -0.3 is 15.0 Å². The molecule has 1 amide bonds. The fourth-order valence-corrected chi connectivity index (χ4v) is 4.05. The van der Waals surface area contributed by atoms with Crippen LogP contribution in [-0.4, -0.2) is 89.7 Å². The minimum absolute atomic E-state index is 0.0209. The van der Waals surface area contributed by atoms with Gasteiger partial charge in [-0.15, -0.1) is 5.10 Å². The van der Waals surface area contributed by atoms with Crippen molar-refractivity contribution in [3.05, 3.63) is 11.4 Å². The predicted octanol–water partition coefficient (Wildman–Crippen LogP) is 0.694. The van der Waals surface area contributed by atoms with Gasteiger partial charge in [0, 0.05) is 39.3 Å². The van der Waals surface area contributed by atoms with Crippen molar-refractivity contribution in [2.75, 3.05) is 53.0 Å². The fraction of sp³-hybridized carbons (Fsp3) is 0.833. The van der Waals surface area contributed by atoms with Crippen LogP contribution < -0.4 is 5.32 Å². The zero-order chi connectivity index (χ0) is 18.5. The van der Waals surface area contributed by atoms with Crippen molar-refractivity contribution in [3.8, 4) is 0 Å². The van der Waals surface area contributed by atoms with E-state index in [9.17, 15) is 4.79 Å². The van der Waals surface area contributed by atoms with E-state index in [0.717, 1.165) is 70.8 Å². The number of methoxy groups -OCH3 is 1. The first-order chi connectivity index (χ1) is 12.7. The molecule has 0 aromatic carbocycles.